The van der Waals surface area contributed by atoms with Crippen molar-refractivity contribution < 1.29 is 4.79 Å². The van der Waals surface area contributed by atoms with Gasteiger partial charge in [0, 0.05) is 35.2 Å². The third kappa shape index (κ3) is 1.67. The number of carbonyl (C=O) groups is 1. The number of hydrogen-bond donors (Lipinski definition) is 1. The van der Waals surface area contributed by atoms with E-state index in [4.69, 9.17) is 5.73 Å². The Morgan fingerprint density at radius 1 is 1.80 bits per heavy atom. The van der Waals surface area contributed by atoms with E-state index in [1.165, 1.54) is 0 Å². The van der Waals surface area contributed by atoms with E-state index in [2.05, 4.69) is 0 Å². The zero-order valence-corrected chi connectivity index (χ0v) is 8.04. The average molecular weight is 254 g/mol. The predicted molar refractivity (Wildman–Crippen MR) is 48.0 cm³/mol. The Hall–Kier alpha value is 0.320. The van der Waals surface area contributed by atoms with Crippen LogP contribution in [0.1, 0.15) is 6.42 Å². The highest BCUT2D eigenvalue weighted by molar-refractivity contribution is 14.1. The van der Waals surface area contributed by atoms with Gasteiger partial charge in [0.15, 0.2) is 0 Å². The lowest BCUT2D eigenvalue weighted by atomic mass is 10.2. The molecule has 1 saturated heterocycles. The van der Waals surface area contributed by atoms with Crippen molar-refractivity contribution in [3.8, 4) is 0 Å². The molecule has 1 aliphatic heterocycles. The number of nitrogens with zero attached hydrogens (tertiary/aromatic N) is 1. The Balaban J connectivity index is 2.54. The number of rotatable bonds is 1. The van der Waals surface area contributed by atoms with E-state index in [-0.39, 0.29) is 15.9 Å². The van der Waals surface area contributed by atoms with Crippen LogP contribution in [0.5, 0.6) is 0 Å². The second-order valence-corrected chi connectivity index (χ2v) is 3.82. The second kappa shape index (κ2) is 3.15. The molecule has 0 spiro atoms. The highest BCUT2D eigenvalue weighted by Crippen LogP contribution is 2.16. The molecule has 0 amide bonds. The van der Waals surface area contributed by atoms with Crippen molar-refractivity contribution in [2.75, 3.05) is 13.6 Å². The van der Waals surface area contributed by atoms with Gasteiger partial charge in [0.2, 0.25) is 3.79 Å². The molecule has 1 aliphatic rings. The predicted octanol–water partition coefficient (Wildman–Crippen LogP) is -0.0206. The summed E-state index contributed by atoms with van der Waals surface area (Å²) in [5.74, 6) is 0. The summed E-state index contributed by atoms with van der Waals surface area (Å²) >= 11 is 1.83. The summed E-state index contributed by atoms with van der Waals surface area (Å²) in [6.07, 6.45) is 0.818. The highest BCUT2D eigenvalue weighted by atomic mass is 127. The van der Waals surface area contributed by atoms with Gasteiger partial charge in [-0.25, -0.2) is 0 Å². The summed E-state index contributed by atoms with van der Waals surface area (Å²) in [5, 5.41) is 0. The molecule has 1 rings (SSSR count). The van der Waals surface area contributed by atoms with E-state index in [1.54, 1.807) is 0 Å². The topological polar surface area (TPSA) is 46.3 Å². The summed E-state index contributed by atoms with van der Waals surface area (Å²) in [7, 11) is 1.94. The molecule has 0 radical (unpaired) electrons. The molecule has 3 nitrogen and oxygen atoms in total. The van der Waals surface area contributed by atoms with Gasteiger partial charge in [-0.1, -0.05) is 0 Å². The Morgan fingerprint density at radius 3 is 2.60 bits per heavy atom. The molecule has 1 fully saturated rings. The van der Waals surface area contributed by atoms with Gasteiger partial charge in [-0.15, -0.1) is 0 Å². The van der Waals surface area contributed by atoms with Gasteiger partial charge < -0.3 is 5.73 Å². The lowest BCUT2D eigenvalue weighted by molar-refractivity contribution is -0.112. The summed E-state index contributed by atoms with van der Waals surface area (Å²) in [6.45, 7) is 0.847. The Labute approximate surface area is 74.1 Å². The summed E-state index contributed by atoms with van der Waals surface area (Å²) in [5.41, 5.74) is 5.66. The molecule has 0 saturated carbocycles. The van der Waals surface area contributed by atoms with E-state index in [1.807, 2.05) is 34.5 Å². The molecule has 0 aromatic heterocycles. The third-order valence-corrected chi connectivity index (χ3v) is 2.56. The first-order chi connectivity index (χ1) is 4.61. The smallest absolute Gasteiger partial charge is 0.209 e. The minimum atomic E-state index is 0.0654. The lowest BCUT2D eigenvalue weighted by Crippen LogP contribution is -2.29. The van der Waals surface area contributed by atoms with Gasteiger partial charge in [-0.2, -0.15) is 0 Å². The van der Waals surface area contributed by atoms with Gasteiger partial charge in [0.1, 0.15) is 0 Å². The van der Waals surface area contributed by atoms with Crippen LogP contribution in [-0.2, 0) is 4.79 Å². The minimum Gasteiger partial charge on any atom is -0.326 e. The molecule has 2 atom stereocenters. The van der Waals surface area contributed by atoms with Crippen LogP contribution in [0.2, 0.25) is 0 Å². The van der Waals surface area contributed by atoms with Crippen molar-refractivity contribution in [2.24, 2.45) is 5.73 Å². The van der Waals surface area contributed by atoms with Gasteiger partial charge in [0.25, 0.3) is 0 Å². The molecule has 0 aromatic rings. The quantitative estimate of drug-likeness (QED) is 0.528. The molecular weight excluding hydrogens is 243 g/mol. The number of nitrogens with two attached hydrogens (primary N) is 1. The summed E-state index contributed by atoms with van der Waals surface area (Å²) in [4.78, 5) is 12.9. The lowest BCUT2D eigenvalue weighted by Gasteiger charge is -2.13. The fraction of sp³-hybridized carbons (Fsp3) is 0.833. The number of likely N-dealkylation sites (N-methyl/N-ethyl adjacent to an activating group) is 1. The van der Waals surface area contributed by atoms with E-state index < -0.39 is 0 Å². The zero-order valence-electron chi connectivity index (χ0n) is 5.88. The molecule has 4 heteroatoms. The first-order valence-corrected chi connectivity index (χ1v) is 4.34. The number of likely N-dealkylation sites (tertiary alicyclic amines) is 1. The van der Waals surface area contributed by atoms with E-state index in [0.29, 0.717) is 0 Å². The van der Waals surface area contributed by atoms with Crippen LogP contribution < -0.4 is 5.73 Å². The van der Waals surface area contributed by atoms with Gasteiger partial charge in [-0.3, -0.25) is 9.69 Å². The standard InChI is InChI=1S/C6H11IN2O/c1-9-3-4(8)2-5(9)6(7)10/h4-5H,2-3,8H2,1H3/t4-,5+/m1/s1. The SMILES string of the molecule is CN1C[C@H](N)C[C@H]1C(=O)I. The first-order valence-electron chi connectivity index (χ1n) is 3.26. The summed E-state index contributed by atoms with van der Waals surface area (Å²) < 4.78 is 0.202. The molecule has 1 heterocycles. The minimum absolute atomic E-state index is 0.0654. The molecule has 0 bridgehead atoms. The molecule has 0 aliphatic carbocycles. The Kier molecular flexibility index (Phi) is 2.65. The Bertz CT molecular complexity index is 151. The van der Waals surface area contributed by atoms with Gasteiger partial charge >= 0.3 is 0 Å². The van der Waals surface area contributed by atoms with Crippen LogP contribution in [0.3, 0.4) is 0 Å². The Morgan fingerprint density at radius 2 is 2.40 bits per heavy atom. The van der Waals surface area contributed by atoms with Crippen LogP contribution in [0.4, 0.5) is 0 Å². The molecular formula is C6H11IN2O. The van der Waals surface area contributed by atoms with Crippen LogP contribution in [-0.4, -0.2) is 34.4 Å². The maximum Gasteiger partial charge on any atom is 0.209 e. The molecule has 0 aromatic carbocycles. The van der Waals surface area contributed by atoms with Gasteiger partial charge in [0.05, 0.1) is 6.04 Å². The molecule has 0 unspecified atom stereocenters. The maximum absolute atomic E-state index is 10.9. The van der Waals surface area contributed by atoms with Crippen LogP contribution in [0, 0.1) is 0 Å². The van der Waals surface area contributed by atoms with E-state index >= 15 is 0 Å². The van der Waals surface area contributed by atoms with Crippen LogP contribution >= 0.6 is 22.6 Å². The monoisotopic (exact) mass is 254 g/mol. The van der Waals surface area contributed by atoms with Crippen molar-refractivity contribution in [1.82, 2.24) is 4.90 Å². The normalized spacial score (nSPS) is 34.7. The summed E-state index contributed by atoms with van der Waals surface area (Å²) in [6, 6.07) is 0.254. The number of hydrogen-bond acceptors (Lipinski definition) is 3. The van der Waals surface area contributed by atoms with Crippen molar-refractivity contribution in [3.05, 3.63) is 0 Å². The molecule has 58 valence electrons. The zero-order chi connectivity index (χ0) is 7.72. The maximum atomic E-state index is 10.9. The number of carbonyl (C=O) groups excluding carboxylic acids is 1. The van der Waals surface area contributed by atoms with Gasteiger partial charge in [-0.05, 0) is 13.5 Å². The largest absolute Gasteiger partial charge is 0.326 e. The van der Waals surface area contributed by atoms with E-state index in [9.17, 15) is 4.79 Å². The number of halogens is 1. The third-order valence-electron chi connectivity index (χ3n) is 1.84. The van der Waals surface area contributed by atoms with Crippen LogP contribution in [0.25, 0.3) is 0 Å². The second-order valence-electron chi connectivity index (χ2n) is 2.76. The van der Waals surface area contributed by atoms with E-state index in [0.717, 1.165) is 13.0 Å². The van der Waals surface area contributed by atoms with Crippen molar-refractivity contribution in [3.63, 3.8) is 0 Å². The molecule has 10 heavy (non-hydrogen) atoms. The van der Waals surface area contributed by atoms with Crippen molar-refractivity contribution >= 4 is 26.4 Å². The van der Waals surface area contributed by atoms with Crippen molar-refractivity contribution in [2.45, 2.75) is 18.5 Å². The van der Waals surface area contributed by atoms with Crippen molar-refractivity contribution in [1.29, 1.82) is 0 Å². The average Bonchev–Trinajstić information content (AvgIpc) is 2.10. The van der Waals surface area contributed by atoms with Crippen LogP contribution in [0.15, 0.2) is 0 Å². The highest BCUT2D eigenvalue weighted by Gasteiger charge is 2.30. The molecule has 2 N–H and O–H groups in total. The first kappa shape index (κ1) is 8.42. The fourth-order valence-electron chi connectivity index (χ4n) is 1.30. The fourth-order valence-corrected chi connectivity index (χ4v) is 2.03.